The molecule has 0 atom stereocenters. The monoisotopic (exact) mass is 425 g/mol. The van der Waals surface area contributed by atoms with E-state index in [4.69, 9.17) is 9.47 Å². The number of alkyl halides is 3. The van der Waals surface area contributed by atoms with Gasteiger partial charge in [-0.05, 0) is 61.7 Å². The van der Waals surface area contributed by atoms with Crippen LogP contribution >= 0.6 is 0 Å². The smallest absolute Gasteiger partial charge is 0.437 e. The Morgan fingerprint density at radius 2 is 1.73 bits per heavy atom. The van der Waals surface area contributed by atoms with Crippen molar-refractivity contribution in [2.24, 2.45) is 5.16 Å². The lowest BCUT2D eigenvalue weighted by atomic mass is 10.1. The Bertz CT molecular complexity index is 913. The first-order valence-corrected chi connectivity index (χ1v) is 9.12. The number of hydrogen-bond donors (Lipinski definition) is 0. The summed E-state index contributed by atoms with van der Waals surface area (Å²) in [6.07, 6.45) is -1.07. The zero-order valence-electron chi connectivity index (χ0n) is 17.1. The second-order valence-electron chi connectivity index (χ2n) is 6.49. The van der Waals surface area contributed by atoms with Crippen LogP contribution in [0.2, 0.25) is 0 Å². The van der Waals surface area contributed by atoms with Gasteiger partial charge in [0.2, 0.25) is 0 Å². The van der Waals surface area contributed by atoms with Gasteiger partial charge in [0, 0.05) is 5.56 Å². The van der Waals surface area contributed by atoms with Gasteiger partial charge in [-0.3, -0.25) is 0 Å². The molecular formula is C22H23F4NO3. The molecule has 0 aliphatic carbocycles. The van der Waals surface area contributed by atoms with E-state index < -0.39 is 23.3 Å². The van der Waals surface area contributed by atoms with Gasteiger partial charge in [-0.15, -0.1) is 0 Å². The topological polar surface area (TPSA) is 40.0 Å². The fraction of sp³-hybridized carbons (Fsp3) is 0.318. The number of ether oxygens (including phenoxy) is 2. The number of halogens is 4. The molecule has 2 aromatic carbocycles. The fourth-order valence-electron chi connectivity index (χ4n) is 2.80. The lowest BCUT2D eigenvalue weighted by Crippen LogP contribution is -2.25. The first-order chi connectivity index (χ1) is 14.2. The average molecular weight is 425 g/mol. The van der Waals surface area contributed by atoms with Gasteiger partial charge in [0.15, 0.2) is 5.71 Å². The van der Waals surface area contributed by atoms with E-state index in [9.17, 15) is 17.6 Å². The van der Waals surface area contributed by atoms with Gasteiger partial charge in [-0.25, -0.2) is 4.39 Å². The van der Waals surface area contributed by atoms with E-state index in [1.807, 2.05) is 45.1 Å². The van der Waals surface area contributed by atoms with Gasteiger partial charge in [0.1, 0.15) is 37.6 Å². The maximum Gasteiger partial charge on any atom is 0.437 e. The van der Waals surface area contributed by atoms with Crippen LogP contribution in [0.25, 0.3) is 0 Å². The minimum absolute atomic E-state index is 0.0135. The standard InChI is InChI=1S/C22H23F4NO3/c1-5-6-9-29-17-10-14(2)20(15(3)11-17)30-13-16-7-8-18(19(23)12-16)21(27-28-4)22(24,25)26/h5-8,10-12H,9,13H2,1-4H3/b6-5+,27-21+. The van der Waals surface area contributed by atoms with Crippen LogP contribution in [0.5, 0.6) is 11.5 Å². The number of allylic oxidation sites excluding steroid dienone is 1. The van der Waals surface area contributed by atoms with Crippen LogP contribution in [0.3, 0.4) is 0 Å². The predicted molar refractivity (Wildman–Crippen MR) is 107 cm³/mol. The van der Waals surface area contributed by atoms with Crippen molar-refractivity contribution in [2.45, 2.75) is 33.6 Å². The summed E-state index contributed by atoms with van der Waals surface area (Å²) in [6.45, 7) is 6.05. The van der Waals surface area contributed by atoms with Crippen molar-refractivity contribution >= 4 is 5.71 Å². The van der Waals surface area contributed by atoms with E-state index in [0.717, 1.165) is 30.4 Å². The molecule has 162 valence electrons. The maximum absolute atomic E-state index is 14.3. The molecule has 4 nitrogen and oxygen atoms in total. The number of oxime groups is 1. The van der Waals surface area contributed by atoms with Crippen LogP contribution in [0.1, 0.15) is 29.2 Å². The van der Waals surface area contributed by atoms with Crippen LogP contribution < -0.4 is 9.47 Å². The molecule has 0 saturated heterocycles. The van der Waals surface area contributed by atoms with Crippen molar-refractivity contribution in [3.63, 3.8) is 0 Å². The average Bonchev–Trinajstić information content (AvgIpc) is 2.65. The van der Waals surface area contributed by atoms with E-state index in [2.05, 4.69) is 9.99 Å². The Labute approximate surface area is 172 Å². The quantitative estimate of drug-likeness (QED) is 0.229. The third kappa shape index (κ3) is 5.98. The third-order valence-corrected chi connectivity index (χ3v) is 4.14. The van der Waals surface area contributed by atoms with Gasteiger partial charge < -0.3 is 14.3 Å². The molecule has 0 heterocycles. The molecule has 0 aliphatic rings. The van der Waals surface area contributed by atoms with Crippen molar-refractivity contribution in [1.29, 1.82) is 0 Å². The molecule has 30 heavy (non-hydrogen) atoms. The van der Waals surface area contributed by atoms with E-state index in [1.54, 1.807) is 0 Å². The summed E-state index contributed by atoms with van der Waals surface area (Å²) in [4.78, 5) is 4.20. The second kappa shape index (κ2) is 10.1. The van der Waals surface area contributed by atoms with Gasteiger partial charge in [0.05, 0.1) is 0 Å². The van der Waals surface area contributed by atoms with E-state index >= 15 is 0 Å². The minimum Gasteiger partial charge on any atom is -0.490 e. The first kappa shape index (κ1) is 23.3. The van der Waals surface area contributed by atoms with Gasteiger partial charge >= 0.3 is 6.18 Å². The number of hydrogen-bond acceptors (Lipinski definition) is 4. The van der Waals surface area contributed by atoms with Crippen molar-refractivity contribution < 1.29 is 31.9 Å². The molecule has 0 bridgehead atoms. The summed E-state index contributed by atoms with van der Waals surface area (Å²) in [5, 5.41) is 2.91. The van der Waals surface area contributed by atoms with Crippen LogP contribution in [0, 0.1) is 19.7 Å². The van der Waals surface area contributed by atoms with Gasteiger partial charge in [-0.1, -0.05) is 23.4 Å². The van der Waals surface area contributed by atoms with Crippen LogP contribution in [-0.2, 0) is 11.4 Å². The molecule has 8 heteroatoms. The number of benzene rings is 2. The summed E-state index contributed by atoms with van der Waals surface area (Å²) >= 11 is 0. The van der Waals surface area contributed by atoms with Crippen molar-refractivity contribution in [3.05, 3.63) is 70.6 Å². The molecule has 0 spiro atoms. The normalized spacial score (nSPS) is 12.3. The molecule has 2 aromatic rings. The van der Waals surface area contributed by atoms with Gasteiger partial charge in [-0.2, -0.15) is 13.2 Å². The highest BCUT2D eigenvalue weighted by molar-refractivity contribution is 6.04. The summed E-state index contributed by atoms with van der Waals surface area (Å²) < 4.78 is 64.9. The molecule has 2 rings (SSSR count). The summed E-state index contributed by atoms with van der Waals surface area (Å²) in [7, 11) is 0.966. The van der Waals surface area contributed by atoms with Crippen molar-refractivity contribution in [3.8, 4) is 11.5 Å². The highest BCUT2D eigenvalue weighted by Crippen LogP contribution is 2.30. The molecule has 0 aromatic heterocycles. The van der Waals surface area contributed by atoms with E-state index in [-0.39, 0.29) is 6.61 Å². The molecular weight excluding hydrogens is 402 g/mol. The SMILES string of the molecule is C/C=C/COc1cc(C)c(OCc2ccc(/C(=N\OC)C(F)(F)F)c(F)c2)c(C)c1. The largest absolute Gasteiger partial charge is 0.490 e. The van der Waals surface area contributed by atoms with Crippen LogP contribution in [-0.4, -0.2) is 25.6 Å². The van der Waals surface area contributed by atoms with Crippen molar-refractivity contribution in [1.82, 2.24) is 0 Å². The first-order valence-electron chi connectivity index (χ1n) is 9.12. The molecule has 0 unspecified atom stereocenters. The molecule has 0 aliphatic heterocycles. The second-order valence-corrected chi connectivity index (χ2v) is 6.49. The Balaban J connectivity index is 2.17. The Morgan fingerprint density at radius 3 is 2.27 bits per heavy atom. The molecule has 0 amide bonds. The number of aryl methyl sites for hydroxylation is 2. The lowest BCUT2D eigenvalue weighted by Gasteiger charge is -2.15. The van der Waals surface area contributed by atoms with E-state index in [1.165, 1.54) is 6.07 Å². The van der Waals surface area contributed by atoms with Crippen LogP contribution in [0.4, 0.5) is 17.6 Å². The molecule has 0 N–H and O–H groups in total. The predicted octanol–water partition coefficient (Wildman–Crippen LogP) is 5.89. The van der Waals surface area contributed by atoms with Crippen molar-refractivity contribution in [2.75, 3.05) is 13.7 Å². The minimum atomic E-state index is -4.85. The summed E-state index contributed by atoms with van der Waals surface area (Å²) in [5.41, 5.74) is -0.0935. The van der Waals surface area contributed by atoms with E-state index in [0.29, 0.717) is 23.7 Å². The Kier molecular flexibility index (Phi) is 7.86. The Morgan fingerprint density at radius 1 is 1.07 bits per heavy atom. The molecule has 0 fully saturated rings. The highest BCUT2D eigenvalue weighted by atomic mass is 19.4. The fourth-order valence-corrected chi connectivity index (χ4v) is 2.80. The zero-order valence-corrected chi connectivity index (χ0v) is 17.1. The van der Waals surface area contributed by atoms with Crippen LogP contribution in [0.15, 0.2) is 47.6 Å². The molecule has 0 radical (unpaired) electrons. The lowest BCUT2D eigenvalue weighted by molar-refractivity contribution is -0.0609. The third-order valence-electron chi connectivity index (χ3n) is 4.14. The number of nitrogens with zero attached hydrogens (tertiary/aromatic N) is 1. The number of rotatable bonds is 8. The van der Waals surface area contributed by atoms with Gasteiger partial charge in [0.25, 0.3) is 0 Å². The molecule has 0 saturated carbocycles. The zero-order chi connectivity index (χ0) is 22.3. The Hall–Kier alpha value is -3.03. The summed E-state index contributed by atoms with van der Waals surface area (Å²) in [6, 6.07) is 7.01. The maximum atomic E-state index is 14.3. The summed E-state index contributed by atoms with van der Waals surface area (Å²) in [5.74, 6) is 0.239. The highest BCUT2D eigenvalue weighted by Gasteiger charge is 2.39.